The number of hydrogen-bond acceptors (Lipinski definition) is 5. The molecule has 4 aromatic rings. The van der Waals surface area contributed by atoms with Gasteiger partial charge in [0.25, 0.3) is 5.91 Å². The summed E-state index contributed by atoms with van der Waals surface area (Å²) in [4.78, 5) is 17.9. The number of carbonyl (C=O) groups is 1. The standard InChI is InChI=1S/C27H21F5N4O3S/c28-19-4-8-25(22(29)16-19)40(38,39)36-13-11-35(12-14-36)26(37)17-1-5-20(6-2-17)34-23-9-10-33-24-15-18(27(30,31)32)3-7-21(23)24/h1-10,15-16H,11-14H2,(H,33,34). The van der Waals surface area contributed by atoms with Crippen LogP contribution in [0.5, 0.6) is 0 Å². The van der Waals surface area contributed by atoms with Crippen molar-refractivity contribution in [2.45, 2.75) is 11.1 Å². The molecule has 5 rings (SSSR count). The van der Waals surface area contributed by atoms with Gasteiger partial charge in [-0.2, -0.15) is 17.5 Å². The Kier molecular flexibility index (Phi) is 7.19. The minimum absolute atomic E-state index is 0.0598. The topological polar surface area (TPSA) is 82.6 Å². The summed E-state index contributed by atoms with van der Waals surface area (Å²) in [5, 5.41) is 3.61. The van der Waals surface area contributed by atoms with Gasteiger partial charge < -0.3 is 10.2 Å². The third-order valence-electron chi connectivity index (χ3n) is 6.52. The van der Waals surface area contributed by atoms with Crippen LogP contribution in [-0.4, -0.2) is 54.7 Å². The van der Waals surface area contributed by atoms with Crippen LogP contribution in [0.2, 0.25) is 0 Å². The van der Waals surface area contributed by atoms with Gasteiger partial charge in [-0.15, -0.1) is 0 Å². The van der Waals surface area contributed by atoms with Gasteiger partial charge in [0.05, 0.1) is 11.1 Å². The summed E-state index contributed by atoms with van der Waals surface area (Å²) in [5.41, 5.74) is 0.846. The second kappa shape index (κ2) is 10.5. The lowest BCUT2D eigenvalue weighted by molar-refractivity contribution is -0.137. The minimum atomic E-state index is -4.48. The number of aromatic nitrogens is 1. The zero-order valence-corrected chi connectivity index (χ0v) is 21.4. The lowest BCUT2D eigenvalue weighted by Gasteiger charge is -2.34. The van der Waals surface area contributed by atoms with Crippen LogP contribution >= 0.6 is 0 Å². The fourth-order valence-electron chi connectivity index (χ4n) is 4.42. The molecule has 1 saturated heterocycles. The fourth-order valence-corrected chi connectivity index (χ4v) is 5.89. The number of pyridine rings is 1. The quantitative estimate of drug-likeness (QED) is 0.321. The average Bonchev–Trinajstić information content (AvgIpc) is 2.92. The molecule has 13 heteroatoms. The lowest BCUT2D eigenvalue weighted by atomic mass is 10.1. The highest BCUT2D eigenvalue weighted by molar-refractivity contribution is 7.89. The number of fused-ring (bicyclic) bond motifs is 1. The van der Waals surface area contributed by atoms with E-state index in [1.807, 2.05) is 0 Å². The molecule has 2 heterocycles. The minimum Gasteiger partial charge on any atom is -0.355 e. The van der Waals surface area contributed by atoms with Gasteiger partial charge in [-0.3, -0.25) is 9.78 Å². The van der Waals surface area contributed by atoms with Crippen molar-refractivity contribution in [3.05, 3.63) is 95.7 Å². The first kappa shape index (κ1) is 27.5. The van der Waals surface area contributed by atoms with E-state index >= 15 is 0 Å². The monoisotopic (exact) mass is 576 g/mol. The third kappa shape index (κ3) is 5.47. The van der Waals surface area contributed by atoms with Gasteiger partial charge in [-0.1, -0.05) is 6.07 Å². The molecule has 0 aliphatic carbocycles. The van der Waals surface area contributed by atoms with E-state index in [0.717, 1.165) is 28.6 Å². The number of nitrogens with zero attached hydrogens (tertiary/aromatic N) is 3. The van der Waals surface area contributed by atoms with E-state index in [1.54, 1.807) is 30.3 Å². The van der Waals surface area contributed by atoms with Crippen molar-refractivity contribution in [3.63, 3.8) is 0 Å². The van der Waals surface area contributed by atoms with Gasteiger partial charge in [0.15, 0.2) is 0 Å². The number of halogens is 5. The summed E-state index contributed by atoms with van der Waals surface area (Å²) < 4.78 is 93.0. The summed E-state index contributed by atoms with van der Waals surface area (Å²) in [6.45, 7) is 0.0268. The maximum Gasteiger partial charge on any atom is 0.416 e. The fraction of sp³-hybridized carbons (Fsp3) is 0.185. The maximum absolute atomic E-state index is 14.1. The van der Waals surface area contributed by atoms with Gasteiger partial charge in [-0.25, -0.2) is 17.2 Å². The van der Waals surface area contributed by atoms with Crippen LogP contribution in [0.1, 0.15) is 15.9 Å². The molecule has 0 spiro atoms. The van der Waals surface area contributed by atoms with Gasteiger partial charge >= 0.3 is 6.18 Å². The Hall–Kier alpha value is -4.10. The summed E-state index contributed by atoms with van der Waals surface area (Å²) >= 11 is 0. The molecule has 3 aromatic carbocycles. The van der Waals surface area contributed by atoms with Crippen LogP contribution < -0.4 is 5.32 Å². The van der Waals surface area contributed by atoms with Crippen LogP contribution in [0.15, 0.2) is 77.8 Å². The number of hydrogen-bond donors (Lipinski definition) is 1. The molecule has 1 aliphatic rings. The molecule has 1 fully saturated rings. The Morgan fingerprint density at radius 1 is 0.875 bits per heavy atom. The number of carbonyl (C=O) groups excluding carboxylic acids is 1. The van der Waals surface area contributed by atoms with E-state index in [4.69, 9.17) is 0 Å². The number of rotatable bonds is 5. The van der Waals surface area contributed by atoms with Gasteiger partial charge in [0.2, 0.25) is 10.0 Å². The van der Waals surface area contributed by atoms with E-state index in [0.29, 0.717) is 28.4 Å². The molecular formula is C27H21F5N4O3S. The van der Waals surface area contributed by atoms with Crippen molar-refractivity contribution in [3.8, 4) is 0 Å². The lowest BCUT2D eigenvalue weighted by Crippen LogP contribution is -2.50. The first-order chi connectivity index (χ1) is 18.9. The second-order valence-electron chi connectivity index (χ2n) is 9.06. The predicted molar refractivity (Wildman–Crippen MR) is 137 cm³/mol. The highest BCUT2D eigenvalue weighted by atomic mass is 32.2. The second-order valence-corrected chi connectivity index (χ2v) is 11.0. The molecule has 7 nitrogen and oxygen atoms in total. The summed E-state index contributed by atoms with van der Waals surface area (Å²) in [7, 11) is -4.20. The summed E-state index contributed by atoms with van der Waals surface area (Å²) in [6.07, 6.45) is -3.09. The molecular weight excluding hydrogens is 555 g/mol. The highest BCUT2D eigenvalue weighted by Gasteiger charge is 2.33. The van der Waals surface area contributed by atoms with Gasteiger partial charge in [-0.05, 0) is 54.6 Å². The Morgan fingerprint density at radius 2 is 1.57 bits per heavy atom. The van der Waals surface area contributed by atoms with Crippen molar-refractivity contribution in [1.82, 2.24) is 14.2 Å². The number of piperazine rings is 1. The van der Waals surface area contributed by atoms with Crippen molar-refractivity contribution >= 4 is 38.2 Å². The number of alkyl halides is 3. The molecule has 1 aliphatic heterocycles. The normalized spacial score (nSPS) is 14.9. The van der Waals surface area contributed by atoms with Crippen molar-refractivity contribution in [2.24, 2.45) is 0 Å². The summed E-state index contributed by atoms with van der Waals surface area (Å²) in [5.74, 6) is -2.40. The van der Waals surface area contributed by atoms with Crippen molar-refractivity contribution in [2.75, 3.05) is 31.5 Å². The first-order valence-corrected chi connectivity index (χ1v) is 13.4. The van der Waals surface area contributed by atoms with E-state index in [-0.39, 0.29) is 37.6 Å². The highest BCUT2D eigenvalue weighted by Crippen LogP contribution is 2.33. The van der Waals surface area contributed by atoms with Crippen LogP contribution in [0.25, 0.3) is 10.9 Å². The Bertz CT molecular complexity index is 1690. The molecule has 1 amide bonds. The first-order valence-electron chi connectivity index (χ1n) is 12.0. The molecule has 0 radical (unpaired) electrons. The Morgan fingerprint density at radius 3 is 2.23 bits per heavy atom. The molecule has 0 bridgehead atoms. The predicted octanol–water partition coefficient (Wildman–Crippen LogP) is 5.42. The maximum atomic E-state index is 14.1. The van der Waals surface area contributed by atoms with Crippen LogP contribution in [-0.2, 0) is 16.2 Å². The Labute approximate surface area is 225 Å². The van der Waals surface area contributed by atoms with Crippen molar-refractivity contribution in [1.29, 1.82) is 0 Å². The molecule has 208 valence electrons. The van der Waals surface area contributed by atoms with Crippen LogP contribution in [0, 0.1) is 11.6 Å². The molecule has 0 atom stereocenters. The zero-order valence-electron chi connectivity index (χ0n) is 20.6. The van der Waals surface area contributed by atoms with E-state index in [2.05, 4.69) is 10.3 Å². The molecule has 0 unspecified atom stereocenters. The van der Waals surface area contributed by atoms with E-state index in [9.17, 15) is 35.2 Å². The largest absolute Gasteiger partial charge is 0.416 e. The average molecular weight is 577 g/mol. The molecule has 1 N–H and O–H groups in total. The van der Waals surface area contributed by atoms with E-state index < -0.39 is 38.3 Å². The van der Waals surface area contributed by atoms with Crippen molar-refractivity contribution < 1.29 is 35.2 Å². The van der Waals surface area contributed by atoms with Gasteiger partial charge in [0.1, 0.15) is 16.5 Å². The number of nitrogens with one attached hydrogen (secondary N) is 1. The number of anilines is 2. The number of benzene rings is 3. The zero-order chi connectivity index (χ0) is 28.7. The smallest absolute Gasteiger partial charge is 0.355 e. The Balaban J connectivity index is 1.24. The third-order valence-corrected chi connectivity index (χ3v) is 8.45. The van der Waals surface area contributed by atoms with Gasteiger partial charge in [0, 0.05) is 60.8 Å². The van der Waals surface area contributed by atoms with Crippen LogP contribution in [0.4, 0.5) is 33.3 Å². The molecule has 1 aromatic heterocycles. The SMILES string of the molecule is O=C(c1ccc(Nc2ccnc3cc(C(F)(F)F)ccc23)cc1)N1CCN(S(=O)(=O)c2ccc(F)cc2F)CC1. The van der Waals surface area contributed by atoms with E-state index in [1.165, 1.54) is 17.2 Å². The number of amides is 1. The molecule has 40 heavy (non-hydrogen) atoms. The van der Waals surface area contributed by atoms with Crippen LogP contribution in [0.3, 0.4) is 0 Å². The molecule has 0 saturated carbocycles. The number of sulfonamides is 1. The summed E-state index contributed by atoms with van der Waals surface area (Å²) in [6, 6.07) is 13.6.